The Hall–Kier alpha value is 0.313. The van der Waals surface area contributed by atoms with Crippen molar-refractivity contribution in [3.63, 3.8) is 0 Å². The Labute approximate surface area is 163 Å². The number of nitrogens with one attached hydrogen (secondary N) is 1. The molecule has 1 aliphatic rings. The van der Waals surface area contributed by atoms with Gasteiger partial charge in [-0.1, -0.05) is 0 Å². The Morgan fingerprint density at radius 2 is 1.59 bits per heavy atom. The summed E-state index contributed by atoms with van der Waals surface area (Å²) in [6, 6.07) is 8.53. The standard InChI is InChI=1S/C9H13.C6H5BrN.C2H4.2ClH.Zr/c1-6-5-7(2)9(4)8(6)3;7-5-1-3-6(8)4-2-5;1-2;;;/h6H,1-4H3;1-4,8H;1H,2H3;2*1H;/q;-1;;;;+1. The van der Waals surface area contributed by atoms with Gasteiger partial charge in [0.15, 0.2) is 0 Å². The first-order chi connectivity index (χ1) is 9.45. The van der Waals surface area contributed by atoms with E-state index in [4.69, 9.17) is 0 Å². The first-order valence-corrected chi connectivity index (χ1v) is 11.7. The maximum absolute atomic E-state index is 3.84. The van der Waals surface area contributed by atoms with Crippen molar-refractivity contribution in [3.05, 3.63) is 48.7 Å². The largest absolute Gasteiger partial charge is 0.147 e. The third kappa shape index (κ3) is 4.66. The number of allylic oxidation sites excluding steroid dienone is 4. The van der Waals surface area contributed by atoms with Crippen LogP contribution >= 0.6 is 40.7 Å². The molecule has 1 N–H and O–H groups in total. The molecule has 1 aromatic rings. The SMILES string of the molecule is C[CH]=[Zr]([NH]c1ccc(Br)cc1)[C]1=C(C)C(C)=C(C)C1C.Cl.Cl. The van der Waals surface area contributed by atoms with E-state index in [1.165, 1.54) is 16.8 Å². The molecule has 1 aliphatic carbocycles. The molecule has 0 aliphatic heterocycles. The normalized spacial score (nSPS) is 18.1. The minimum Gasteiger partial charge on any atom is -0.147 e. The van der Waals surface area contributed by atoms with Crippen LogP contribution in [0.15, 0.2) is 48.7 Å². The molecule has 0 radical (unpaired) electrons. The smallest absolute Gasteiger partial charge is 0.147 e. The second-order valence-electron chi connectivity index (χ2n) is 5.40. The molecule has 0 bridgehead atoms. The second kappa shape index (κ2) is 9.57. The van der Waals surface area contributed by atoms with Crippen LogP contribution in [0.3, 0.4) is 0 Å². The van der Waals surface area contributed by atoms with Gasteiger partial charge in [-0.15, -0.1) is 24.8 Å². The zero-order valence-electron chi connectivity index (χ0n) is 13.7. The minimum absolute atomic E-state index is 0. The average molecular weight is 484 g/mol. The van der Waals surface area contributed by atoms with Crippen LogP contribution in [0.1, 0.15) is 34.6 Å². The predicted octanol–water partition coefficient (Wildman–Crippen LogP) is 6.32. The number of rotatable bonds is 3. The van der Waals surface area contributed by atoms with Crippen molar-refractivity contribution in [2.75, 3.05) is 3.26 Å². The number of hydrogen-bond acceptors (Lipinski definition) is 1. The summed E-state index contributed by atoms with van der Waals surface area (Å²) in [5, 5.41) is 0. The molecule has 1 aromatic carbocycles. The maximum Gasteiger partial charge on any atom is -0.147 e. The number of anilines is 1. The van der Waals surface area contributed by atoms with E-state index in [2.05, 4.69) is 81.8 Å². The number of hydrogen-bond donors (Lipinski definition) is 1. The van der Waals surface area contributed by atoms with E-state index in [-0.39, 0.29) is 24.8 Å². The average Bonchev–Trinajstić information content (AvgIpc) is 2.63. The number of benzene rings is 1. The zero-order valence-corrected chi connectivity index (χ0v) is 19.3. The van der Waals surface area contributed by atoms with Crippen molar-refractivity contribution in [2.45, 2.75) is 34.6 Å². The van der Waals surface area contributed by atoms with Crippen LogP contribution in [-0.2, 0) is 21.6 Å². The second-order valence-corrected chi connectivity index (χ2v) is 11.7. The van der Waals surface area contributed by atoms with Crippen LogP contribution in [0.2, 0.25) is 0 Å². The molecule has 5 heteroatoms. The van der Waals surface area contributed by atoms with Crippen molar-refractivity contribution in [1.82, 2.24) is 0 Å². The van der Waals surface area contributed by atoms with Crippen LogP contribution in [0.4, 0.5) is 5.69 Å². The molecular formula is C17H24BrCl2NZr. The summed E-state index contributed by atoms with van der Waals surface area (Å²) in [6.07, 6.45) is 0. The third-order valence-electron chi connectivity index (χ3n) is 4.34. The van der Waals surface area contributed by atoms with Gasteiger partial charge in [0, 0.05) is 0 Å². The van der Waals surface area contributed by atoms with Crippen LogP contribution < -0.4 is 3.26 Å². The topological polar surface area (TPSA) is 12.0 Å². The van der Waals surface area contributed by atoms with E-state index in [0.717, 1.165) is 4.47 Å². The Morgan fingerprint density at radius 1 is 1.05 bits per heavy atom. The Morgan fingerprint density at radius 3 is 2.00 bits per heavy atom. The molecular weight excluding hydrogens is 460 g/mol. The predicted molar refractivity (Wildman–Crippen MR) is 104 cm³/mol. The van der Waals surface area contributed by atoms with E-state index < -0.39 is 21.6 Å². The van der Waals surface area contributed by atoms with Crippen molar-refractivity contribution in [1.29, 1.82) is 0 Å². The van der Waals surface area contributed by atoms with Crippen LogP contribution in [-0.4, -0.2) is 3.71 Å². The fourth-order valence-electron chi connectivity index (χ4n) is 2.78. The monoisotopic (exact) mass is 481 g/mol. The number of halogens is 3. The summed E-state index contributed by atoms with van der Waals surface area (Å²) in [6.45, 7) is 11.4. The summed E-state index contributed by atoms with van der Waals surface area (Å²) in [4.78, 5) is 0. The Bertz CT molecular complexity index is 618. The van der Waals surface area contributed by atoms with Gasteiger partial charge in [-0.3, -0.25) is 0 Å². The molecule has 2 rings (SSSR count). The van der Waals surface area contributed by atoms with E-state index in [9.17, 15) is 0 Å². The molecule has 0 aromatic heterocycles. The van der Waals surface area contributed by atoms with Crippen LogP contribution in [0.25, 0.3) is 0 Å². The molecule has 1 unspecified atom stereocenters. The van der Waals surface area contributed by atoms with E-state index in [0.29, 0.717) is 5.92 Å². The molecule has 0 heterocycles. The minimum atomic E-state index is -1.89. The molecule has 0 fully saturated rings. The molecule has 0 amide bonds. The van der Waals surface area contributed by atoms with Gasteiger partial charge in [-0.25, -0.2) is 0 Å². The summed E-state index contributed by atoms with van der Waals surface area (Å²) in [5.74, 6) is 0.614. The molecule has 0 saturated carbocycles. The first kappa shape index (κ1) is 22.3. The summed E-state index contributed by atoms with van der Waals surface area (Å²) in [5.41, 5.74) is 5.84. The maximum atomic E-state index is 3.84. The first-order valence-electron chi connectivity index (χ1n) is 7.03. The van der Waals surface area contributed by atoms with Gasteiger partial charge in [0.05, 0.1) is 0 Å². The van der Waals surface area contributed by atoms with E-state index >= 15 is 0 Å². The van der Waals surface area contributed by atoms with Gasteiger partial charge in [-0.2, -0.15) is 0 Å². The molecule has 1 nitrogen and oxygen atoms in total. The Kier molecular flexibility index (Phi) is 9.71. The van der Waals surface area contributed by atoms with E-state index in [1.807, 2.05) is 0 Å². The Balaban J connectivity index is 0.00000220. The molecule has 0 saturated heterocycles. The van der Waals surface area contributed by atoms with Gasteiger partial charge >= 0.3 is 139 Å². The van der Waals surface area contributed by atoms with Crippen molar-refractivity contribution in [2.24, 2.45) is 5.92 Å². The molecule has 1 atom stereocenters. The van der Waals surface area contributed by atoms with Gasteiger partial charge in [0.25, 0.3) is 0 Å². The molecule has 122 valence electrons. The summed E-state index contributed by atoms with van der Waals surface area (Å²) >= 11 is 1.60. The van der Waals surface area contributed by atoms with Crippen molar-refractivity contribution in [3.8, 4) is 0 Å². The fourth-order valence-corrected chi connectivity index (χ4v) is 8.80. The van der Waals surface area contributed by atoms with Gasteiger partial charge in [0.1, 0.15) is 0 Å². The van der Waals surface area contributed by atoms with Crippen molar-refractivity contribution < 1.29 is 21.6 Å². The van der Waals surface area contributed by atoms with Crippen LogP contribution in [0, 0.1) is 5.92 Å². The van der Waals surface area contributed by atoms with Crippen molar-refractivity contribution >= 4 is 50.1 Å². The summed E-state index contributed by atoms with van der Waals surface area (Å²) < 4.78 is 9.12. The van der Waals surface area contributed by atoms with Gasteiger partial charge in [-0.05, 0) is 0 Å². The van der Waals surface area contributed by atoms with E-state index in [1.54, 1.807) is 8.85 Å². The third-order valence-corrected chi connectivity index (χ3v) is 11.1. The quantitative estimate of drug-likeness (QED) is 0.530. The fraction of sp³-hybridized carbons (Fsp3) is 0.353. The van der Waals surface area contributed by atoms with Crippen LogP contribution in [0.5, 0.6) is 0 Å². The zero-order chi connectivity index (χ0) is 14.9. The summed E-state index contributed by atoms with van der Waals surface area (Å²) in [7, 11) is 0. The van der Waals surface area contributed by atoms with Gasteiger partial charge in [0.2, 0.25) is 0 Å². The molecule has 22 heavy (non-hydrogen) atoms. The molecule has 0 spiro atoms. The van der Waals surface area contributed by atoms with Gasteiger partial charge < -0.3 is 0 Å².